The number of carboxylic acids is 1. The second-order valence-electron chi connectivity index (χ2n) is 6.25. The molecule has 1 aliphatic heterocycles. The first-order valence-electron chi connectivity index (χ1n) is 8.78. The summed E-state index contributed by atoms with van der Waals surface area (Å²) in [7, 11) is 0. The minimum atomic E-state index is -0.973. The van der Waals surface area contributed by atoms with Gasteiger partial charge in [-0.05, 0) is 37.6 Å². The van der Waals surface area contributed by atoms with Crippen LogP contribution in [0, 0.1) is 6.92 Å². The molecule has 1 aliphatic rings. The molecule has 0 bridgehead atoms. The molecular formula is C19H25NO6. The van der Waals surface area contributed by atoms with Crippen LogP contribution in [0.5, 0.6) is 5.75 Å². The molecule has 1 fully saturated rings. The quantitative estimate of drug-likeness (QED) is 0.711. The largest absolute Gasteiger partial charge is 0.494 e. The standard InChI is InChI=1S/C19H25NO6/c1-3-26-17-6-4-14(10-13(17)2)16(21)5-7-18(22)20-8-9-25-12-15(20)11-19(23)24/h4,6,10,15H,3,5,7-9,11-12H2,1-2H3,(H,23,24)/t15-/m1/s1. The second kappa shape index (κ2) is 9.33. The van der Waals surface area contributed by atoms with E-state index in [1.54, 1.807) is 18.2 Å². The van der Waals surface area contributed by atoms with Crippen molar-refractivity contribution in [3.8, 4) is 5.75 Å². The maximum atomic E-state index is 12.4. The Morgan fingerprint density at radius 3 is 2.73 bits per heavy atom. The van der Waals surface area contributed by atoms with E-state index in [1.807, 2.05) is 13.8 Å². The summed E-state index contributed by atoms with van der Waals surface area (Å²) in [5.74, 6) is -0.563. The number of carbonyl (C=O) groups is 3. The zero-order valence-electron chi connectivity index (χ0n) is 15.2. The number of aryl methyl sites for hydroxylation is 1. The highest BCUT2D eigenvalue weighted by Gasteiger charge is 2.29. The number of Topliss-reactive ketones (excluding diaryl/α,β-unsaturated/α-hetero) is 1. The van der Waals surface area contributed by atoms with Crippen LogP contribution >= 0.6 is 0 Å². The Kier molecular flexibility index (Phi) is 7.15. The molecule has 142 valence electrons. The smallest absolute Gasteiger partial charge is 0.305 e. The highest BCUT2D eigenvalue weighted by atomic mass is 16.5. The molecule has 26 heavy (non-hydrogen) atoms. The molecule has 7 nitrogen and oxygen atoms in total. The van der Waals surface area contributed by atoms with E-state index >= 15 is 0 Å². The molecule has 1 amide bonds. The van der Waals surface area contributed by atoms with Gasteiger partial charge in [0.05, 0.1) is 32.3 Å². The fourth-order valence-electron chi connectivity index (χ4n) is 3.00. The summed E-state index contributed by atoms with van der Waals surface area (Å²) in [6.07, 6.45) is -0.0115. The Morgan fingerprint density at radius 2 is 2.08 bits per heavy atom. The zero-order valence-corrected chi connectivity index (χ0v) is 15.2. The van der Waals surface area contributed by atoms with Gasteiger partial charge in [0.2, 0.25) is 5.91 Å². The molecule has 0 saturated carbocycles. The molecular weight excluding hydrogens is 338 g/mol. The number of benzene rings is 1. The molecule has 2 rings (SSSR count). The van der Waals surface area contributed by atoms with E-state index in [9.17, 15) is 14.4 Å². The van der Waals surface area contributed by atoms with Crippen LogP contribution in [0.25, 0.3) is 0 Å². The van der Waals surface area contributed by atoms with Crippen molar-refractivity contribution in [2.75, 3.05) is 26.4 Å². The fourth-order valence-corrected chi connectivity index (χ4v) is 3.00. The maximum Gasteiger partial charge on any atom is 0.305 e. The van der Waals surface area contributed by atoms with Gasteiger partial charge in [0.1, 0.15) is 5.75 Å². The summed E-state index contributed by atoms with van der Waals surface area (Å²) in [6.45, 7) is 5.27. The van der Waals surface area contributed by atoms with Crippen molar-refractivity contribution < 1.29 is 29.0 Å². The molecule has 0 radical (unpaired) electrons. The van der Waals surface area contributed by atoms with Crippen molar-refractivity contribution >= 4 is 17.7 Å². The van der Waals surface area contributed by atoms with E-state index < -0.39 is 12.0 Å². The van der Waals surface area contributed by atoms with Crippen LogP contribution in [0.2, 0.25) is 0 Å². The zero-order chi connectivity index (χ0) is 19.1. The Morgan fingerprint density at radius 1 is 1.31 bits per heavy atom. The number of morpholine rings is 1. The third kappa shape index (κ3) is 5.29. The van der Waals surface area contributed by atoms with E-state index in [0.29, 0.717) is 25.3 Å². The van der Waals surface area contributed by atoms with Crippen molar-refractivity contribution in [1.29, 1.82) is 0 Å². The van der Waals surface area contributed by atoms with Crippen LogP contribution < -0.4 is 4.74 Å². The number of rotatable bonds is 8. The van der Waals surface area contributed by atoms with Crippen LogP contribution in [-0.2, 0) is 14.3 Å². The molecule has 1 aromatic carbocycles. The third-order valence-corrected chi connectivity index (χ3v) is 4.32. The minimum Gasteiger partial charge on any atom is -0.494 e. The lowest BCUT2D eigenvalue weighted by atomic mass is 10.0. The van der Waals surface area contributed by atoms with E-state index in [1.165, 1.54) is 4.90 Å². The first kappa shape index (κ1) is 19.9. The topological polar surface area (TPSA) is 93.1 Å². The fraction of sp³-hybridized carbons (Fsp3) is 0.526. The van der Waals surface area contributed by atoms with Crippen molar-refractivity contribution in [2.45, 2.75) is 39.2 Å². The number of nitrogens with zero attached hydrogens (tertiary/aromatic N) is 1. The van der Waals surface area contributed by atoms with Gasteiger partial charge in [0.15, 0.2) is 5.78 Å². The van der Waals surface area contributed by atoms with Gasteiger partial charge in [-0.1, -0.05) is 0 Å². The van der Waals surface area contributed by atoms with Gasteiger partial charge in [-0.15, -0.1) is 0 Å². The van der Waals surface area contributed by atoms with Crippen LogP contribution in [0.1, 0.15) is 42.1 Å². The first-order chi connectivity index (χ1) is 12.4. The minimum absolute atomic E-state index is 0.0568. The predicted octanol–water partition coefficient (Wildman–Crippen LogP) is 2.06. The van der Waals surface area contributed by atoms with E-state index in [2.05, 4.69) is 0 Å². The first-order valence-corrected chi connectivity index (χ1v) is 8.78. The number of carbonyl (C=O) groups excluding carboxylic acids is 2. The monoisotopic (exact) mass is 363 g/mol. The average molecular weight is 363 g/mol. The lowest BCUT2D eigenvalue weighted by Gasteiger charge is -2.34. The lowest BCUT2D eigenvalue weighted by Crippen LogP contribution is -2.49. The second-order valence-corrected chi connectivity index (χ2v) is 6.25. The van der Waals surface area contributed by atoms with Crippen molar-refractivity contribution in [3.05, 3.63) is 29.3 Å². The van der Waals surface area contributed by atoms with Crippen LogP contribution in [0.4, 0.5) is 0 Å². The molecule has 0 aliphatic carbocycles. The summed E-state index contributed by atoms with van der Waals surface area (Å²) >= 11 is 0. The Bertz CT molecular complexity index is 672. The average Bonchev–Trinajstić information content (AvgIpc) is 2.61. The number of ether oxygens (including phenoxy) is 2. The van der Waals surface area contributed by atoms with Crippen LogP contribution in [0.15, 0.2) is 18.2 Å². The Hall–Kier alpha value is -2.41. The number of hydrogen-bond donors (Lipinski definition) is 1. The number of amides is 1. The predicted molar refractivity (Wildman–Crippen MR) is 94.5 cm³/mol. The lowest BCUT2D eigenvalue weighted by molar-refractivity contribution is -0.146. The SMILES string of the molecule is CCOc1ccc(C(=O)CCC(=O)N2CCOC[C@H]2CC(=O)O)cc1C. The van der Waals surface area contributed by atoms with Crippen LogP contribution in [0.3, 0.4) is 0 Å². The highest BCUT2D eigenvalue weighted by Crippen LogP contribution is 2.21. The highest BCUT2D eigenvalue weighted by molar-refractivity contribution is 5.98. The molecule has 1 N–H and O–H groups in total. The summed E-state index contributed by atoms with van der Waals surface area (Å²) in [5, 5.41) is 8.96. The van der Waals surface area contributed by atoms with Gasteiger partial charge in [-0.2, -0.15) is 0 Å². The third-order valence-electron chi connectivity index (χ3n) is 4.32. The van der Waals surface area contributed by atoms with Gasteiger partial charge in [0, 0.05) is 24.9 Å². The van der Waals surface area contributed by atoms with Crippen molar-refractivity contribution in [1.82, 2.24) is 4.90 Å². The molecule has 0 spiro atoms. The Labute approximate surface area is 152 Å². The number of aliphatic carboxylic acids is 1. The van der Waals surface area contributed by atoms with Gasteiger partial charge >= 0.3 is 5.97 Å². The number of hydrogen-bond acceptors (Lipinski definition) is 5. The molecule has 0 aromatic heterocycles. The van der Waals surface area contributed by atoms with Gasteiger partial charge < -0.3 is 19.5 Å². The van der Waals surface area contributed by atoms with E-state index in [-0.39, 0.29) is 37.6 Å². The summed E-state index contributed by atoms with van der Waals surface area (Å²) in [4.78, 5) is 37.3. The van der Waals surface area contributed by atoms with Gasteiger partial charge in [0.25, 0.3) is 0 Å². The molecule has 1 aromatic rings. The maximum absolute atomic E-state index is 12.4. The molecule has 1 heterocycles. The van der Waals surface area contributed by atoms with Gasteiger partial charge in [-0.25, -0.2) is 0 Å². The summed E-state index contributed by atoms with van der Waals surface area (Å²) in [6, 6.07) is 4.75. The van der Waals surface area contributed by atoms with E-state index in [0.717, 1.165) is 11.3 Å². The summed E-state index contributed by atoms with van der Waals surface area (Å²) in [5.41, 5.74) is 1.42. The van der Waals surface area contributed by atoms with Crippen LogP contribution in [-0.4, -0.2) is 60.1 Å². The molecule has 1 atom stereocenters. The molecule has 0 unspecified atom stereocenters. The Balaban J connectivity index is 1.94. The number of ketones is 1. The van der Waals surface area contributed by atoms with Crippen molar-refractivity contribution in [2.24, 2.45) is 0 Å². The normalized spacial score (nSPS) is 17.0. The van der Waals surface area contributed by atoms with Gasteiger partial charge in [-0.3, -0.25) is 14.4 Å². The molecule has 7 heteroatoms. The summed E-state index contributed by atoms with van der Waals surface area (Å²) < 4.78 is 10.7. The van der Waals surface area contributed by atoms with E-state index in [4.69, 9.17) is 14.6 Å². The van der Waals surface area contributed by atoms with Crippen molar-refractivity contribution in [3.63, 3.8) is 0 Å². The number of carboxylic acid groups (broad SMARTS) is 1. The molecule has 1 saturated heterocycles.